The fourth-order valence-electron chi connectivity index (χ4n) is 4.12. The summed E-state index contributed by atoms with van der Waals surface area (Å²) in [6.45, 7) is 2.17. The molecule has 0 spiro atoms. The summed E-state index contributed by atoms with van der Waals surface area (Å²) in [5, 5.41) is 3.69. The molecular formula is C18H33N3O9. The number of methoxy groups -OCH3 is 6. The molecule has 0 amide bonds. The monoisotopic (exact) mass is 435 g/mol. The Morgan fingerprint density at radius 3 is 1.83 bits per heavy atom. The molecule has 0 aliphatic carbocycles. The van der Waals surface area contributed by atoms with Crippen LogP contribution in [0.1, 0.15) is 6.92 Å². The maximum Gasteiger partial charge on any atom is 0.187 e. The summed E-state index contributed by atoms with van der Waals surface area (Å²) in [5.74, 6) is 0. The lowest BCUT2D eigenvalue weighted by Crippen LogP contribution is -2.65. The van der Waals surface area contributed by atoms with Gasteiger partial charge in [-0.15, -0.1) is 0 Å². The lowest BCUT2D eigenvalue weighted by Gasteiger charge is -2.48. The molecule has 12 nitrogen and oxygen atoms in total. The third-order valence-electron chi connectivity index (χ3n) is 5.49. The zero-order chi connectivity index (χ0) is 22.3. The van der Waals surface area contributed by atoms with Gasteiger partial charge in [-0.05, 0) is 12.5 Å². The van der Waals surface area contributed by atoms with Crippen molar-refractivity contribution in [3.05, 3.63) is 10.4 Å². The van der Waals surface area contributed by atoms with Crippen molar-refractivity contribution in [2.45, 2.75) is 68.3 Å². The molecule has 0 N–H and O–H groups in total. The van der Waals surface area contributed by atoms with Crippen LogP contribution in [0.25, 0.3) is 10.4 Å². The van der Waals surface area contributed by atoms with Crippen LogP contribution in [0.3, 0.4) is 0 Å². The molecule has 0 aromatic rings. The number of rotatable bonds is 10. The molecule has 10 unspecified atom stereocenters. The first-order chi connectivity index (χ1) is 14.5. The summed E-state index contributed by atoms with van der Waals surface area (Å²) >= 11 is 0. The third kappa shape index (κ3) is 5.22. The molecule has 2 fully saturated rings. The minimum atomic E-state index is -0.982. The van der Waals surface area contributed by atoms with Crippen molar-refractivity contribution >= 4 is 0 Å². The smallest absolute Gasteiger partial charge is 0.187 e. The second-order valence-electron chi connectivity index (χ2n) is 7.04. The van der Waals surface area contributed by atoms with Crippen LogP contribution in [0.15, 0.2) is 5.11 Å². The zero-order valence-corrected chi connectivity index (χ0v) is 18.5. The van der Waals surface area contributed by atoms with Crippen LogP contribution in [0.5, 0.6) is 0 Å². The van der Waals surface area contributed by atoms with E-state index in [1.807, 2.05) is 6.92 Å². The highest BCUT2D eigenvalue weighted by Crippen LogP contribution is 2.33. The van der Waals surface area contributed by atoms with Gasteiger partial charge in [0.15, 0.2) is 12.5 Å². The Morgan fingerprint density at radius 1 is 0.767 bits per heavy atom. The molecule has 2 rings (SSSR count). The van der Waals surface area contributed by atoms with E-state index in [0.717, 1.165) is 0 Å². The summed E-state index contributed by atoms with van der Waals surface area (Å²) in [4.78, 5) is 2.85. The van der Waals surface area contributed by atoms with Gasteiger partial charge in [-0.2, -0.15) is 0 Å². The van der Waals surface area contributed by atoms with Gasteiger partial charge in [0.2, 0.25) is 0 Å². The van der Waals surface area contributed by atoms with Crippen molar-refractivity contribution in [3.8, 4) is 0 Å². The van der Waals surface area contributed by atoms with Crippen LogP contribution in [0.2, 0.25) is 0 Å². The molecule has 0 aromatic carbocycles. The van der Waals surface area contributed by atoms with Crippen molar-refractivity contribution < 1.29 is 42.6 Å². The Labute approximate surface area is 176 Å². The molecule has 174 valence electrons. The van der Waals surface area contributed by atoms with Gasteiger partial charge in [0.05, 0.1) is 12.7 Å². The Balaban J connectivity index is 2.34. The Kier molecular flexibility index (Phi) is 10.2. The largest absolute Gasteiger partial charge is 0.382 e. The topological polar surface area (TPSA) is 132 Å². The van der Waals surface area contributed by atoms with E-state index in [2.05, 4.69) is 10.0 Å². The van der Waals surface area contributed by atoms with E-state index in [1.165, 1.54) is 21.3 Å². The highest BCUT2D eigenvalue weighted by molar-refractivity contribution is 4.97. The van der Waals surface area contributed by atoms with E-state index in [-0.39, 0.29) is 18.8 Å². The molecular weight excluding hydrogens is 402 g/mol. The second kappa shape index (κ2) is 12.1. The summed E-state index contributed by atoms with van der Waals surface area (Å²) in [6.07, 6.45) is -6.09. The molecule has 12 heteroatoms. The normalized spacial score (nSPS) is 42.0. The first-order valence-corrected chi connectivity index (χ1v) is 9.64. The number of hydrogen-bond acceptors (Lipinski definition) is 10. The van der Waals surface area contributed by atoms with E-state index in [9.17, 15) is 0 Å². The van der Waals surface area contributed by atoms with Gasteiger partial charge in [0, 0.05) is 47.6 Å². The molecule has 2 aliphatic heterocycles. The van der Waals surface area contributed by atoms with Crippen LogP contribution in [-0.2, 0) is 42.6 Å². The third-order valence-corrected chi connectivity index (χ3v) is 5.49. The fraction of sp³-hybridized carbons (Fsp3) is 1.00. The Morgan fingerprint density at radius 2 is 1.33 bits per heavy atom. The van der Waals surface area contributed by atoms with Crippen LogP contribution < -0.4 is 0 Å². The average molecular weight is 435 g/mol. The summed E-state index contributed by atoms with van der Waals surface area (Å²) in [5.41, 5.74) is 8.95. The van der Waals surface area contributed by atoms with Crippen molar-refractivity contribution in [1.29, 1.82) is 0 Å². The SMILES string of the molecule is COCC1OC(C)C(OC)C(OC)C1OC1OC(N=[N+]=[N-])C(OC)C(OC)C1OC. The van der Waals surface area contributed by atoms with E-state index in [1.54, 1.807) is 21.3 Å². The zero-order valence-electron chi connectivity index (χ0n) is 18.5. The molecule has 0 aromatic heterocycles. The van der Waals surface area contributed by atoms with Gasteiger partial charge in [-0.3, -0.25) is 0 Å². The first kappa shape index (κ1) is 25.2. The maximum absolute atomic E-state index is 8.95. The molecule has 10 atom stereocenters. The van der Waals surface area contributed by atoms with Crippen LogP contribution >= 0.6 is 0 Å². The number of ether oxygens (including phenoxy) is 9. The van der Waals surface area contributed by atoms with Gasteiger partial charge in [-0.1, -0.05) is 5.11 Å². The highest BCUT2D eigenvalue weighted by Gasteiger charge is 2.52. The molecule has 2 aliphatic rings. The molecule has 2 saturated heterocycles. The van der Waals surface area contributed by atoms with Crippen molar-refractivity contribution in [2.75, 3.05) is 49.3 Å². The molecule has 0 saturated carbocycles. The molecule has 0 radical (unpaired) electrons. The lowest BCUT2D eigenvalue weighted by molar-refractivity contribution is -0.347. The van der Waals surface area contributed by atoms with Gasteiger partial charge >= 0.3 is 0 Å². The van der Waals surface area contributed by atoms with E-state index in [0.29, 0.717) is 0 Å². The molecule has 2 heterocycles. The highest BCUT2D eigenvalue weighted by atomic mass is 16.7. The number of nitrogens with zero attached hydrogens (tertiary/aromatic N) is 3. The molecule has 30 heavy (non-hydrogen) atoms. The number of hydrogen-bond donors (Lipinski definition) is 0. The predicted octanol–water partition coefficient (Wildman–Crippen LogP) is 0.873. The van der Waals surface area contributed by atoms with Crippen LogP contribution in [0, 0.1) is 0 Å². The average Bonchev–Trinajstić information content (AvgIpc) is 2.74. The molecule has 0 bridgehead atoms. The second-order valence-corrected chi connectivity index (χ2v) is 7.04. The van der Waals surface area contributed by atoms with Crippen molar-refractivity contribution in [3.63, 3.8) is 0 Å². The summed E-state index contributed by atoms with van der Waals surface area (Å²) in [6, 6.07) is 0. The summed E-state index contributed by atoms with van der Waals surface area (Å²) in [7, 11) is 9.23. The van der Waals surface area contributed by atoms with Crippen molar-refractivity contribution in [2.24, 2.45) is 5.11 Å². The minimum Gasteiger partial charge on any atom is -0.382 e. The standard InChI is InChI=1S/C18H33N3O9/c1-9-11(23-3)13(24-4)12(10(28-9)8-22-2)29-18-16(27-7)14(25-5)15(26-6)17(30-18)20-21-19/h9-18H,8H2,1-7H3. The fourth-order valence-corrected chi connectivity index (χ4v) is 4.12. The maximum atomic E-state index is 8.95. The predicted molar refractivity (Wildman–Crippen MR) is 103 cm³/mol. The quantitative estimate of drug-likeness (QED) is 0.278. The van der Waals surface area contributed by atoms with Gasteiger partial charge in [-0.25, -0.2) is 0 Å². The number of azide groups is 1. The van der Waals surface area contributed by atoms with E-state index < -0.39 is 49.1 Å². The Bertz CT molecular complexity index is 565. The Hall–Kier alpha value is -1.05. The first-order valence-electron chi connectivity index (χ1n) is 9.64. The van der Waals surface area contributed by atoms with Gasteiger partial charge in [0.1, 0.15) is 42.7 Å². The van der Waals surface area contributed by atoms with Crippen LogP contribution in [0.4, 0.5) is 0 Å². The summed E-state index contributed by atoms with van der Waals surface area (Å²) < 4.78 is 51.5. The van der Waals surface area contributed by atoms with Gasteiger partial charge in [0.25, 0.3) is 0 Å². The van der Waals surface area contributed by atoms with Gasteiger partial charge < -0.3 is 42.6 Å². The van der Waals surface area contributed by atoms with E-state index >= 15 is 0 Å². The van der Waals surface area contributed by atoms with Crippen LogP contribution in [-0.4, -0.2) is 111 Å². The lowest BCUT2D eigenvalue weighted by atomic mass is 9.94. The van der Waals surface area contributed by atoms with Crippen molar-refractivity contribution in [1.82, 2.24) is 0 Å². The van der Waals surface area contributed by atoms with E-state index in [4.69, 9.17) is 48.2 Å². The minimum absolute atomic E-state index is 0.244.